The first kappa shape index (κ1) is 20.4. The maximum Gasteiger partial charge on any atom is 0.412 e. The van der Waals surface area contributed by atoms with Gasteiger partial charge in [-0.05, 0) is 37.1 Å². The Kier molecular flexibility index (Phi) is 5.79. The minimum atomic E-state index is -3.10. The third-order valence-corrected chi connectivity index (χ3v) is 7.98. The van der Waals surface area contributed by atoms with E-state index in [0.29, 0.717) is 18.5 Å². The molecule has 1 aromatic carbocycles. The van der Waals surface area contributed by atoms with Crippen LogP contribution in [0.2, 0.25) is 0 Å². The SMILES string of the molecule is O=C(Nc1ccc(OC(=O)NC2CCS(=O)(=O)C2)cc1)NC1CCS(=O)(=O)C1. The van der Waals surface area contributed by atoms with Crippen molar-refractivity contribution in [2.45, 2.75) is 24.9 Å². The number of amides is 3. The van der Waals surface area contributed by atoms with E-state index in [1.165, 1.54) is 24.3 Å². The second-order valence-corrected chi connectivity index (χ2v) is 11.3. The Hall–Kier alpha value is -2.34. The molecule has 0 aliphatic carbocycles. The number of sulfone groups is 2. The van der Waals surface area contributed by atoms with Crippen LogP contribution in [-0.2, 0) is 19.7 Å². The molecule has 2 heterocycles. The average Bonchev–Trinajstić information content (AvgIpc) is 3.10. The molecule has 0 saturated carbocycles. The van der Waals surface area contributed by atoms with Crippen LogP contribution in [0.25, 0.3) is 0 Å². The van der Waals surface area contributed by atoms with Crippen LogP contribution >= 0.6 is 0 Å². The molecule has 0 bridgehead atoms. The summed E-state index contributed by atoms with van der Waals surface area (Å²) in [5.74, 6) is 0.185. The smallest absolute Gasteiger partial charge is 0.410 e. The van der Waals surface area contributed by atoms with Gasteiger partial charge in [0, 0.05) is 17.8 Å². The first-order valence-electron chi connectivity index (χ1n) is 8.67. The van der Waals surface area contributed by atoms with Crippen molar-refractivity contribution in [2.24, 2.45) is 0 Å². The highest BCUT2D eigenvalue weighted by Crippen LogP contribution is 2.17. The van der Waals surface area contributed by atoms with Crippen molar-refractivity contribution in [3.8, 4) is 5.75 Å². The highest BCUT2D eigenvalue weighted by Gasteiger charge is 2.30. The fourth-order valence-electron chi connectivity index (χ4n) is 3.08. The van der Waals surface area contributed by atoms with Crippen LogP contribution in [0.3, 0.4) is 0 Å². The van der Waals surface area contributed by atoms with Crippen LogP contribution < -0.4 is 20.7 Å². The molecule has 28 heavy (non-hydrogen) atoms. The van der Waals surface area contributed by atoms with E-state index in [1.54, 1.807) is 0 Å². The molecule has 10 nitrogen and oxygen atoms in total. The van der Waals surface area contributed by atoms with E-state index in [-0.39, 0.29) is 28.8 Å². The molecule has 2 aliphatic heterocycles. The maximum atomic E-state index is 11.9. The summed E-state index contributed by atoms with van der Waals surface area (Å²) in [6, 6.07) is 4.61. The summed E-state index contributed by atoms with van der Waals surface area (Å²) >= 11 is 0. The highest BCUT2D eigenvalue weighted by molar-refractivity contribution is 7.91. The normalized spacial score (nSPS) is 25.0. The number of anilines is 1. The molecular weight excluding hydrogens is 410 g/mol. The lowest BCUT2D eigenvalue weighted by molar-refractivity contribution is 0.197. The van der Waals surface area contributed by atoms with Gasteiger partial charge < -0.3 is 20.7 Å². The third kappa shape index (κ3) is 5.83. The van der Waals surface area contributed by atoms with Gasteiger partial charge in [0.2, 0.25) is 0 Å². The molecule has 1 aromatic rings. The molecule has 0 spiro atoms. The second-order valence-electron chi connectivity index (χ2n) is 6.86. The number of hydrogen-bond acceptors (Lipinski definition) is 7. The third-order valence-electron chi connectivity index (χ3n) is 4.44. The topological polar surface area (TPSA) is 148 Å². The quantitative estimate of drug-likeness (QED) is 0.620. The van der Waals surface area contributed by atoms with E-state index in [4.69, 9.17) is 4.74 Å². The van der Waals surface area contributed by atoms with Gasteiger partial charge in [-0.3, -0.25) is 0 Å². The first-order valence-corrected chi connectivity index (χ1v) is 12.3. The average molecular weight is 431 g/mol. The molecule has 3 rings (SSSR count). The van der Waals surface area contributed by atoms with Crippen LogP contribution in [-0.4, -0.2) is 64.1 Å². The van der Waals surface area contributed by atoms with E-state index in [9.17, 15) is 26.4 Å². The number of carbonyl (C=O) groups excluding carboxylic acids is 2. The summed E-state index contributed by atoms with van der Waals surface area (Å²) < 4.78 is 50.7. The molecular formula is C16H21N3O7S2. The van der Waals surface area contributed by atoms with Gasteiger partial charge in [0.05, 0.1) is 23.0 Å². The van der Waals surface area contributed by atoms with Crippen molar-refractivity contribution in [3.05, 3.63) is 24.3 Å². The summed E-state index contributed by atoms with van der Waals surface area (Å²) in [6.07, 6.45) is 0.000427. The number of urea groups is 1. The Morgan fingerprint density at radius 2 is 1.39 bits per heavy atom. The van der Waals surface area contributed by atoms with Crippen LogP contribution in [0.4, 0.5) is 15.3 Å². The molecule has 0 aromatic heterocycles. The highest BCUT2D eigenvalue weighted by atomic mass is 32.2. The zero-order chi connectivity index (χ0) is 20.4. The zero-order valence-corrected chi connectivity index (χ0v) is 16.5. The predicted octanol–water partition coefficient (Wildman–Crippen LogP) is 0.271. The lowest BCUT2D eigenvalue weighted by atomic mass is 10.2. The number of rotatable bonds is 4. The Labute approximate surface area is 162 Å². The summed E-state index contributed by atoms with van der Waals surface area (Å²) in [5.41, 5.74) is 0.438. The lowest BCUT2D eigenvalue weighted by Gasteiger charge is -2.13. The number of benzene rings is 1. The van der Waals surface area contributed by atoms with E-state index in [1.807, 2.05) is 0 Å². The summed E-state index contributed by atoms with van der Waals surface area (Å²) in [6.45, 7) is 0. The number of ether oxygens (including phenoxy) is 1. The fraction of sp³-hybridized carbons (Fsp3) is 0.500. The molecule has 154 valence electrons. The molecule has 2 aliphatic rings. The van der Waals surface area contributed by atoms with E-state index in [2.05, 4.69) is 16.0 Å². The lowest BCUT2D eigenvalue weighted by Crippen LogP contribution is -2.38. The predicted molar refractivity (Wildman–Crippen MR) is 102 cm³/mol. The Morgan fingerprint density at radius 3 is 1.89 bits per heavy atom. The molecule has 0 radical (unpaired) electrons. The van der Waals surface area contributed by atoms with E-state index in [0.717, 1.165) is 0 Å². The monoisotopic (exact) mass is 431 g/mol. The number of hydrogen-bond donors (Lipinski definition) is 3. The van der Waals surface area contributed by atoms with Crippen molar-refractivity contribution >= 4 is 37.5 Å². The van der Waals surface area contributed by atoms with Crippen LogP contribution in [0.5, 0.6) is 5.75 Å². The van der Waals surface area contributed by atoms with E-state index >= 15 is 0 Å². The number of carbonyl (C=O) groups is 2. The van der Waals surface area contributed by atoms with Gasteiger partial charge in [-0.15, -0.1) is 0 Å². The Balaban J connectivity index is 1.45. The van der Waals surface area contributed by atoms with Crippen molar-refractivity contribution in [1.82, 2.24) is 10.6 Å². The Bertz CT molecular complexity index is 879. The molecule has 2 fully saturated rings. The van der Waals surface area contributed by atoms with Crippen molar-refractivity contribution < 1.29 is 31.2 Å². The largest absolute Gasteiger partial charge is 0.412 e. The molecule has 2 unspecified atom stereocenters. The van der Waals surface area contributed by atoms with Gasteiger partial charge in [0.15, 0.2) is 19.7 Å². The summed E-state index contributed by atoms with van der Waals surface area (Å²) in [5, 5.41) is 7.69. The maximum absolute atomic E-state index is 11.9. The zero-order valence-electron chi connectivity index (χ0n) is 14.9. The van der Waals surface area contributed by atoms with Gasteiger partial charge in [0.1, 0.15) is 5.75 Å². The standard InChI is InChI=1S/C16H21N3O7S2/c20-15(18-12-5-7-27(22,23)9-12)17-11-1-3-14(4-2-11)26-16(21)19-13-6-8-28(24,25)10-13/h1-4,12-13H,5-10H2,(H,19,21)(H2,17,18,20). The van der Waals surface area contributed by atoms with Crippen molar-refractivity contribution in [2.75, 3.05) is 28.3 Å². The van der Waals surface area contributed by atoms with Crippen molar-refractivity contribution in [1.29, 1.82) is 0 Å². The Morgan fingerprint density at radius 1 is 0.857 bits per heavy atom. The van der Waals surface area contributed by atoms with Gasteiger partial charge in [0.25, 0.3) is 0 Å². The molecule has 2 atom stereocenters. The minimum Gasteiger partial charge on any atom is -0.410 e. The molecule has 2 saturated heterocycles. The molecule has 12 heteroatoms. The van der Waals surface area contributed by atoms with Gasteiger partial charge in [-0.1, -0.05) is 0 Å². The van der Waals surface area contributed by atoms with Gasteiger partial charge >= 0.3 is 12.1 Å². The number of nitrogens with one attached hydrogen (secondary N) is 3. The fourth-order valence-corrected chi connectivity index (χ4v) is 6.43. The summed E-state index contributed by atoms with van der Waals surface area (Å²) in [7, 11) is -6.17. The van der Waals surface area contributed by atoms with Crippen LogP contribution in [0.1, 0.15) is 12.8 Å². The summed E-state index contributed by atoms with van der Waals surface area (Å²) in [4.78, 5) is 23.8. The minimum absolute atomic E-state index is 0.0488. The van der Waals surface area contributed by atoms with Gasteiger partial charge in [-0.25, -0.2) is 26.4 Å². The van der Waals surface area contributed by atoms with Crippen molar-refractivity contribution in [3.63, 3.8) is 0 Å². The van der Waals surface area contributed by atoms with Crippen LogP contribution in [0.15, 0.2) is 24.3 Å². The van der Waals surface area contributed by atoms with E-state index < -0.39 is 43.9 Å². The second kappa shape index (κ2) is 7.95. The molecule has 3 amide bonds. The van der Waals surface area contributed by atoms with Crippen LogP contribution in [0, 0.1) is 0 Å². The first-order chi connectivity index (χ1) is 13.1. The van der Waals surface area contributed by atoms with Gasteiger partial charge in [-0.2, -0.15) is 0 Å². The molecule has 3 N–H and O–H groups in total.